The standard InChI is InChI=1S/C27H26F6O/c1-14(2)22(28)24(30)16(4)13-34-21-12-11-20(26(32)27(21)33)18-8-6-17(7-9-18)19-10-5-15(3)23(29)25(19)31/h5,10-12,17-18H,1,4,6-9,13H2,2-3H3/b24-22-. The van der Waals surface area contributed by atoms with E-state index in [-0.39, 0.29) is 34.1 Å². The van der Waals surface area contributed by atoms with E-state index in [1.54, 1.807) is 6.07 Å². The summed E-state index contributed by atoms with van der Waals surface area (Å²) in [5, 5.41) is 0. The van der Waals surface area contributed by atoms with Crippen molar-refractivity contribution in [3.8, 4) is 5.75 Å². The van der Waals surface area contributed by atoms with Gasteiger partial charge in [-0.1, -0.05) is 31.4 Å². The van der Waals surface area contributed by atoms with Crippen molar-refractivity contribution in [2.45, 2.75) is 51.4 Å². The minimum Gasteiger partial charge on any atom is -0.486 e. The third-order valence-electron chi connectivity index (χ3n) is 6.27. The van der Waals surface area contributed by atoms with Crippen LogP contribution in [-0.4, -0.2) is 6.61 Å². The Morgan fingerprint density at radius 1 is 0.794 bits per heavy atom. The van der Waals surface area contributed by atoms with Crippen molar-refractivity contribution in [1.29, 1.82) is 0 Å². The minimum absolute atomic E-state index is 0.134. The molecule has 1 aliphatic rings. The first-order valence-corrected chi connectivity index (χ1v) is 11.0. The van der Waals surface area contributed by atoms with Crippen LogP contribution in [0.1, 0.15) is 61.1 Å². The summed E-state index contributed by atoms with van der Waals surface area (Å²) in [6.45, 7) is 8.84. The summed E-state index contributed by atoms with van der Waals surface area (Å²) in [6, 6.07) is 5.75. The van der Waals surface area contributed by atoms with Crippen LogP contribution in [0.4, 0.5) is 26.3 Å². The highest BCUT2D eigenvalue weighted by atomic mass is 19.2. The number of allylic oxidation sites excluding steroid dienone is 2. The van der Waals surface area contributed by atoms with Gasteiger partial charge in [-0.05, 0) is 79.7 Å². The average molecular weight is 480 g/mol. The molecule has 7 heteroatoms. The first-order valence-electron chi connectivity index (χ1n) is 11.0. The zero-order valence-electron chi connectivity index (χ0n) is 19.1. The maximum absolute atomic E-state index is 14.8. The molecule has 0 aromatic heterocycles. The van der Waals surface area contributed by atoms with Gasteiger partial charge in [0.05, 0.1) is 0 Å². The molecular weight excluding hydrogens is 454 g/mol. The Morgan fingerprint density at radius 2 is 1.29 bits per heavy atom. The summed E-state index contributed by atoms with van der Waals surface area (Å²) in [4.78, 5) is 0. The zero-order chi connectivity index (χ0) is 25.2. The minimum atomic E-state index is -1.26. The smallest absolute Gasteiger partial charge is 0.200 e. The van der Waals surface area contributed by atoms with E-state index in [9.17, 15) is 26.3 Å². The molecule has 34 heavy (non-hydrogen) atoms. The quantitative estimate of drug-likeness (QED) is 0.285. The van der Waals surface area contributed by atoms with Crippen molar-refractivity contribution in [2.24, 2.45) is 0 Å². The number of hydrogen-bond acceptors (Lipinski definition) is 1. The maximum Gasteiger partial charge on any atom is 0.200 e. The van der Waals surface area contributed by atoms with Crippen molar-refractivity contribution in [3.05, 3.63) is 100 Å². The molecule has 0 spiro atoms. The van der Waals surface area contributed by atoms with Crippen molar-refractivity contribution >= 4 is 0 Å². The molecule has 1 saturated carbocycles. The molecule has 0 N–H and O–H groups in total. The molecule has 1 nitrogen and oxygen atoms in total. The summed E-state index contributed by atoms with van der Waals surface area (Å²) in [5.41, 5.74) is 0.199. The van der Waals surface area contributed by atoms with E-state index in [1.165, 1.54) is 32.0 Å². The third kappa shape index (κ3) is 5.24. The molecule has 3 rings (SSSR count). The second kappa shape index (κ2) is 10.5. The lowest BCUT2D eigenvalue weighted by atomic mass is 9.75. The molecule has 0 atom stereocenters. The first kappa shape index (κ1) is 25.7. The molecule has 0 radical (unpaired) electrons. The van der Waals surface area contributed by atoms with Gasteiger partial charge in [-0.2, -0.15) is 4.39 Å². The van der Waals surface area contributed by atoms with Gasteiger partial charge in [-0.25, -0.2) is 22.0 Å². The second-order valence-corrected chi connectivity index (χ2v) is 8.73. The van der Waals surface area contributed by atoms with Gasteiger partial charge in [0.2, 0.25) is 5.82 Å². The number of rotatable bonds is 7. The Hall–Kier alpha value is -2.96. The van der Waals surface area contributed by atoms with Crippen molar-refractivity contribution < 1.29 is 31.1 Å². The van der Waals surface area contributed by atoms with Crippen LogP contribution in [0.3, 0.4) is 0 Å². The van der Waals surface area contributed by atoms with Crippen LogP contribution in [0.25, 0.3) is 0 Å². The predicted octanol–water partition coefficient (Wildman–Crippen LogP) is 8.65. The molecule has 0 bridgehead atoms. The number of ether oxygens (including phenoxy) is 1. The highest BCUT2D eigenvalue weighted by Crippen LogP contribution is 2.43. The van der Waals surface area contributed by atoms with E-state index < -0.39 is 47.3 Å². The Bertz CT molecular complexity index is 1140. The van der Waals surface area contributed by atoms with E-state index >= 15 is 0 Å². The lowest BCUT2D eigenvalue weighted by Crippen LogP contribution is -2.15. The molecule has 182 valence electrons. The van der Waals surface area contributed by atoms with Gasteiger partial charge >= 0.3 is 0 Å². The van der Waals surface area contributed by atoms with Crippen molar-refractivity contribution in [1.82, 2.24) is 0 Å². The number of benzene rings is 2. The molecule has 0 heterocycles. The summed E-state index contributed by atoms with van der Waals surface area (Å²) >= 11 is 0. The Balaban J connectivity index is 1.68. The van der Waals surface area contributed by atoms with E-state index in [0.29, 0.717) is 31.2 Å². The van der Waals surface area contributed by atoms with Crippen LogP contribution in [0.15, 0.2) is 60.2 Å². The molecule has 2 aromatic rings. The molecule has 0 saturated heterocycles. The molecule has 1 fully saturated rings. The Kier molecular flexibility index (Phi) is 7.95. The average Bonchev–Trinajstić information content (AvgIpc) is 2.82. The molecule has 0 aliphatic heterocycles. The van der Waals surface area contributed by atoms with Gasteiger partial charge in [-0.15, -0.1) is 0 Å². The highest BCUT2D eigenvalue weighted by Gasteiger charge is 2.29. The van der Waals surface area contributed by atoms with E-state index in [1.807, 2.05) is 0 Å². The van der Waals surface area contributed by atoms with Gasteiger partial charge < -0.3 is 4.74 Å². The lowest BCUT2D eigenvalue weighted by Gasteiger charge is -2.30. The van der Waals surface area contributed by atoms with E-state index in [0.717, 1.165) is 0 Å². The first-order chi connectivity index (χ1) is 16.0. The monoisotopic (exact) mass is 480 g/mol. The van der Waals surface area contributed by atoms with Crippen LogP contribution in [0.2, 0.25) is 0 Å². The topological polar surface area (TPSA) is 9.23 Å². The fourth-order valence-corrected chi connectivity index (χ4v) is 4.24. The summed E-state index contributed by atoms with van der Waals surface area (Å²) < 4.78 is 90.3. The fraction of sp³-hybridized carbons (Fsp3) is 0.333. The Morgan fingerprint density at radius 3 is 1.82 bits per heavy atom. The van der Waals surface area contributed by atoms with E-state index in [4.69, 9.17) is 4.74 Å². The third-order valence-corrected chi connectivity index (χ3v) is 6.27. The van der Waals surface area contributed by atoms with Gasteiger partial charge in [0, 0.05) is 5.57 Å². The van der Waals surface area contributed by atoms with Gasteiger partial charge in [0.15, 0.2) is 34.9 Å². The zero-order valence-corrected chi connectivity index (χ0v) is 19.1. The van der Waals surface area contributed by atoms with Crippen LogP contribution in [0, 0.1) is 30.2 Å². The lowest BCUT2D eigenvalue weighted by molar-refractivity contribution is 0.316. The van der Waals surface area contributed by atoms with Crippen LogP contribution in [0.5, 0.6) is 5.75 Å². The molecule has 0 unspecified atom stereocenters. The fourth-order valence-electron chi connectivity index (χ4n) is 4.24. The normalized spacial score (nSPS) is 18.9. The molecule has 2 aromatic carbocycles. The molecule has 0 amide bonds. The Labute approximate surface area is 195 Å². The molecule has 1 aliphatic carbocycles. The van der Waals surface area contributed by atoms with Crippen LogP contribution in [-0.2, 0) is 0 Å². The largest absolute Gasteiger partial charge is 0.486 e. The van der Waals surface area contributed by atoms with Crippen molar-refractivity contribution in [2.75, 3.05) is 6.61 Å². The van der Waals surface area contributed by atoms with E-state index in [2.05, 4.69) is 13.2 Å². The molecular formula is C27H26F6O. The maximum atomic E-state index is 14.8. The van der Waals surface area contributed by atoms with Crippen molar-refractivity contribution in [3.63, 3.8) is 0 Å². The van der Waals surface area contributed by atoms with Gasteiger partial charge in [0.25, 0.3) is 0 Å². The highest BCUT2D eigenvalue weighted by molar-refractivity contribution is 5.37. The summed E-state index contributed by atoms with van der Waals surface area (Å²) in [6.07, 6.45) is 1.96. The summed E-state index contributed by atoms with van der Waals surface area (Å²) in [5.74, 6) is -7.40. The van der Waals surface area contributed by atoms with Gasteiger partial charge in [0.1, 0.15) is 6.61 Å². The predicted molar refractivity (Wildman–Crippen MR) is 120 cm³/mol. The van der Waals surface area contributed by atoms with Crippen LogP contribution >= 0.6 is 0 Å². The van der Waals surface area contributed by atoms with Gasteiger partial charge in [-0.3, -0.25) is 0 Å². The number of halogens is 6. The second-order valence-electron chi connectivity index (χ2n) is 8.73. The van der Waals surface area contributed by atoms with Crippen LogP contribution < -0.4 is 4.74 Å². The number of aryl methyl sites for hydroxylation is 1. The summed E-state index contributed by atoms with van der Waals surface area (Å²) in [7, 11) is 0. The number of hydrogen-bond donors (Lipinski definition) is 0. The SMILES string of the molecule is C=C(C)/C(F)=C(/F)C(=C)COc1ccc(C2CCC(c3ccc(C)c(F)c3F)CC2)c(F)c1F.